The molecular formula is C30H25ClF3N5O2S. The number of fused-ring (bicyclic) bond motifs is 4. The average molecular weight is 612 g/mol. The van der Waals surface area contributed by atoms with E-state index in [-0.39, 0.29) is 27.6 Å². The first kappa shape index (κ1) is 27.4. The van der Waals surface area contributed by atoms with Crippen LogP contribution < -0.4 is 10.5 Å². The Labute approximate surface area is 248 Å². The predicted octanol–water partition coefficient (Wildman–Crippen LogP) is 7.19. The van der Waals surface area contributed by atoms with Crippen molar-refractivity contribution in [1.82, 2.24) is 14.9 Å². The lowest BCUT2D eigenvalue weighted by molar-refractivity contribution is 0.135. The Kier molecular flexibility index (Phi) is 6.77. The van der Waals surface area contributed by atoms with E-state index in [0.29, 0.717) is 77.5 Å². The lowest BCUT2D eigenvalue weighted by Crippen LogP contribution is -2.37. The van der Waals surface area contributed by atoms with Gasteiger partial charge in [-0.25, -0.2) is 9.37 Å². The number of thiophene rings is 1. The molecule has 42 heavy (non-hydrogen) atoms. The summed E-state index contributed by atoms with van der Waals surface area (Å²) in [5.41, 5.74) is 9.94. The highest BCUT2D eigenvalue weighted by molar-refractivity contribution is 7.23. The van der Waals surface area contributed by atoms with Crippen molar-refractivity contribution in [1.29, 1.82) is 5.26 Å². The van der Waals surface area contributed by atoms with Crippen molar-refractivity contribution in [3.05, 3.63) is 57.5 Å². The molecule has 4 aromatic rings. The van der Waals surface area contributed by atoms with Gasteiger partial charge in [0.1, 0.15) is 16.9 Å². The summed E-state index contributed by atoms with van der Waals surface area (Å²) in [7, 11) is 0. The molecule has 1 saturated heterocycles. The van der Waals surface area contributed by atoms with E-state index in [2.05, 4.69) is 16.0 Å². The first-order valence-corrected chi connectivity index (χ1v) is 14.8. The second-order valence-electron chi connectivity index (χ2n) is 11.2. The number of nitrogens with two attached hydrogens (primary N) is 1. The quantitative estimate of drug-likeness (QED) is 0.246. The van der Waals surface area contributed by atoms with E-state index in [1.807, 2.05) is 0 Å². The number of halogens is 4. The third kappa shape index (κ3) is 4.57. The number of hydrogen-bond acceptors (Lipinski definition) is 8. The Bertz CT molecular complexity index is 1840. The summed E-state index contributed by atoms with van der Waals surface area (Å²) in [5, 5.41) is 11.6. The molecule has 7 rings (SSSR count). The summed E-state index contributed by atoms with van der Waals surface area (Å²) in [6.07, 6.45) is 2.91. The number of benzene rings is 2. The first-order valence-electron chi connectivity index (χ1n) is 13.7. The number of ether oxygens (including phenoxy) is 2. The molecule has 7 nitrogen and oxygen atoms in total. The van der Waals surface area contributed by atoms with Crippen LogP contribution in [-0.2, 0) is 18.0 Å². The van der Waals surface area contributed by atoms with Gasteiger partial charge in [0.25, 0.3) is 6.08 Å². The molecule has 12 heteroatoms. The molecule has 216 valence electrons. The molecule has 2 fully saturated rings. The van der Waals surface area contributed by atoms with Gasteiger partial charge in [0.2, 0.25) is 0 Å². The van der Waals surface area contributed by atoms with Gasteiger partial charge in [0, 0.05) is 47.6 Å². The van der Waals surface area contributed by atoms with Crippen LogP contribution >= 0.6 is 22.9 Å². The number of piperidine rings is 1. The molecule has 0 atom stereocenters. The maximum absolute atomic E-state index is 14.8. The van der Waals surface area contributed by atoms with Gasteiger partial charge in [-0.1, -0.05) is 17.7 Å². The molecule has 1 aliphatic carbocycles. The molecule has 2 aromatic heterocycles. The zero-order chi connectivity index (χ0) is 29.2. The molecular weight excluding hydrogens is 587 g/mol. The van der Waals surface area contributed by atoms with E-state index in [1.54, 1.807) is 12.3 Å². The lowest BCUT2D eigenvalue weighted by atomic mass is 9.91. The molecule has 2 N–H and O–H groups in total. The van der Waals surface area contributed by atoms with Gasteiger partial charge < -0.3 is 20.1 Å². The van der Waals surface area contributed by atoms with E-state index in [0.717, 1.165) is 47.2 Å². The van der Waals surface area contributed by atoms with Gasteiger partial charge in [-0.05, 0) is 54.0 Å². The van der Waals surface area contributed by atoms with Crippen LogP contribution in [0.2, 0.25) is 5.02 Å². The van der Waals surface area contributed by atoms with Crippen molar-refractivity contribution >= 4 is 48.9 Å². The van der Waals surface area contributed by atoms with E-state index in [9.17, 15) is 18.4 Å². The maximum Gasteiger partial charge on any atom is 0.316 e. The summed E-state index contributed by atoms with van der Waals surface area (Å²) in [5.74, 6) is -0.459. The molecule has 0 bridgehead atoms. The van der Waals surface area contributed by atoms with Gasteiger partial charge in [-0.3, -0.25) is 0 Å². The third-order valence-electron chi connectivity index (χ3n) is 8.63. The van der Waals surface area contributed by atoms with Crippen molar-refractivity contribution in [2.45, 2.75) is 38.9 Å². The van der Waals surface area contributed by atoms with Crippen molar-refractivity contribution in [3.8, 4) is 23.2 Å². The number of aromatic nitrogens is 2. The van der Waals surface area contributed by atoms with Crippen molar-refractivity contribution in [3.63, 3.8) is 0 Å². The Morgan fingerprint density at radius 2 is 1.98 bits per heavy atom. The number of likely N-dealkylation sites (tertiary alicyclic amines) is 1. The zero-order valence-electron chi connectivity index (χ0n) is 22.4. The maximum atomic E-state index is 14.8. The van der Waals surface area contributed by atoms with Crippen molar-refractivity contribution in [2.75, 3.05) is 32.0 Å². The Morgan fingerprint density at radius 1 is 1.21 bits per heavy atom. The molecule has 1 saturated carbocycles. The largest absolute Gasteiger partial charge is 0.463 e. The number of nitrogens with zero attached hydrogens (tertiary/aromatic N) is 4. The average Bonchev–Trinajstić information content (AvgIpc) is 3.40. The fourth-order valence-electron chi connectivity index (χ4n) is 6.14. The summed E-state index contributed by atoms with van der Waals surface area (Å²) < 4.78 is 52.9. The molecule has 3 aliphatic rings. The van der Waals surface area contributed by atoms with E-state index in [4.69, 9.17) is 31.8 Å². The van der Waals surface area contributed by atoms with E-state index in [1.165, 1.54) is 6.07 Å². The Hall–Kier alpha value is -3.43. The fraction of sp³-hybridized carbons (Fsp3) is 0.367. The zero-order valence-corrected chi connectivity index (χ0v) is 24.0. The van der Waals surface area contributed by atoms with Crippen LogP contribution in [0.15, 0.2) is 30.0 Å². The summed E-state index contributed by atoms with van der Waals surface area (Å²) in [4.78, 5) is 11.4. The van der Waals surface area contributed by atoms with Gasteiger partial charge in [0.05, 0.1) is 40.6 Å². The molecule has 2 aliphatic heterocycles. The smallest absolute Gasteiger partial charge is 0.316 e. The minimum atomic E-state index is -1.54. The second kappa shape index (κ2) is 10.4. The molecule has 0 unspecified atom stereocenters. The standard InChI is InChI=1S/C30H25ClF3N5O2S/c31-24-22(16-1-2-21(32)26-23(16)17(9-35)28(36)42-26)20-12-40-11-19(20)18-10-37-29(38-25(18)24)41-14-30(5-6-30)13-39-7-3-15(4-8-39)27(33)34/h1-2,10H,3-8,11-14,36H2. The summed E-state index contributed by atoms with van der Waals surface area (Å²) in [6, 6.07) is 5.28. The van der Waals surface area contributed by atoms with Crippen LogP contribution in [0.1, 0.15) is 42.4 Å². The fourth-order valence-corrected chi connectivity index (χ4v) is 7.45. The van der Waals surface area contributed by atoms with Gasteiger partial charge >= 0.3 is 6.01 Å². The molecule has 4 heterocycles. The number of hydrogen-bond donors (Lipinski definition) is 1. The molecule has 2 aromatic carbocycles. The van der Waals surface area contributed by atoms with E-state index >= 15 is 0 Å². The van der Waals surface area contributed by atoms with Crippen LogP contribution in [0, 0.1) is 22.6 Å². The van der Waals surface area contributed by atoms with Crippen molar-refractivity contribution < 1.29 is 22.6 Å². The van der Waals surface area contributed by atoms with Gasteiger partial charge in [0.15, 0.2) is 0 Å². The van der Waals surface area contributed by atoms with E-state index < -0.39 is 11.9 Å². The molecule has 0 amide bonds. The Balaban J connectivity index is 1.22. The normalized spacial score (nSPS) is 17.9. The van der Waals surface area contributed by atoms with Gasteiger partial charge in [-0.15, -0.1) is 11.3 Å². The van der Waals surface area contributed by atoms with Crippen molar-refractivity contribution in [2.24, 2.45) is 5.41 Å². The minimum Gasteiger partial charge on any atom is -0.463 e. The topological polar surface area (TPSA) is 97.3 Å². The highest BCUT2D eigenvalue weighted by Gasteiger charge is 2.45. The molecule has 0 spiro atoms. The number of nitrogen functional groups attached to an aromatic ring is 1. The molecule has 0 radical (unpaired) electrons. The van der Waals surface area contributed by atoms with Crippen LogP contribution in [-0.4, -0.2) is 41.1 Å². The summed E-state index contributed by atoms with van der Waals surface area (Å²) >= 11 is 8.10. The predicted molar refractivity (Wildman–Crippen MR) is 155 cm³/mol. The third-order valence-corrected chi connectivity index (χ3v) is 10.0. The van der Waals surface area contributed by atoms with Crippen LogP contribution in [0.3, 0.4) is 0 Å². The highest BCUT2D eigenvalue weighted by atomic mass is 35.5. The van der Waals surface area contributed by atoms with Crippen LogP contribution in [0.4, 0.5) is 18.2 Å². The SMILES string of the molecule is N#Cc1c(N)sc2c(F)ccc(-c3c4c(c5cnc(OCC6(CN7CCC(=C(F)F)CC7)CC6)nc5c3Cl)COC4)c12. The highest BCUT2D eigenvalue weighted by Crippen LogP contribution is 2.49. The first-order chi connectivity index (χ1) is 20.3. The minimum absolute atomic E-state index is 0.0547. The Morgan fingerprint density at radius 3 is 2.69 bits per heavy atom. The van der Waals surface area contributed by atoms with Crippen LogP contribution in [0.25, 0.3) is 32.1 Å². The number of rotatable bonds is 6. The number of anilines is 1. The van der Waals surface area contributed by atoms with Gasteiger partial charge in [-0.2, -0.15) is 19.0 Å². The van der Waals surface area contributed by atoms with Crippen LogP contribution in [0.5, 0.6) is 6.01 Å². The summed E-state index contributed by atoms with van der Waals surface area (Å²) in [6.45, 7) is 3.06. The monoisotopic (exact) mass is 611 g/mol. The number of nitriles is 1. The lowest BCUT2D eigenvalue weighted by Gasteiger charge is -2.31. The second-order valence-corrected chi connectivity index (χ2v) is 12.7.